The number of fused-ring (bicyclic) bond motifs is 3. The van der Waals surface area contributed by atoms with Crippen LogP contribution in [0, 0.1) is 23.9 Å². The maximum absolute atomic E-state index is 12.2. The van der Waals surface area contributed by atoms with Crippen molar-refractivity contribution in [2.75, 3.05) is 0 Å². The van der Waals surface area contributed by atoms with Gasteiger partial charge in [-0.1, -0.05) is 115 Å². The van der Waals surface area contributed by atoms with Crippen LogP contribution in [0.1, 0.15) is 88.8 Å². The molecule has 2 aliphatic carbocycles. The van der Waals surface area contributed by atoms with Crippen molar-refractivity contribution in [2.45, 2.75) is 72.6 Å². The smallest absolute Gasteiger partial charge is 1.00 e. The zero-order valence-electron chi connectivity index (χ0n) is 27.7. The summed E-state index contributed by atoms with van der Waals surface area (Å²) in [5.41, 5.74) is 13.7. The molecule has 4 aromatic rings. The molecule has 4 heteroatoms. The minimum atomic E-state index is -0.170. The Kier molecular flexibility index (Phi) is 14.2. The van der Waals surface area contributed by atoms with Gasteiger partial charge in [-0.15, -0.1) is 16.7 Å². The van der Waals surface area contributed by atoms with Gasteiger partial charge in [0.05, 0.1) is 0 Å². The summed E-state index contributed by atoms with van der Waals surface area (Å²) >= 11 is 1.34. The Hall–Kier alpha value is -2.38. The predicted molar refractivity (Wildman–Crippen MR) is 178 cm³/mol. The van der Waals surface area contributed by atoms with Gasteiger partial charge in [0, 0.05) is 0 Å². The molecule has 0 radical (unpaired) electrons. The molecule has 2 aliphatic rings. The van der Waals surface area contributed by atoms with Gasteiger partial charge in [0.1, 0.15) is 0 Å². The van der Waals surface area contributed by atoms with Crippen LogP contribution in [-0.4, -0.2) is 3.71 Å². The number of rotatable bonds is 2. The van der Waals surface area contributed by atoms with Gasteiger partial charge < -0.3 is 24.8 Å². The number of allylic oxidation sites excluding steroid dienone is 4. The topological polar surface area (TPSA) is 0 Å². The van der Waals surface area contributed by atoms with Crippen molar-refractivity contribution in [3.8, 4) is 11.1 Å². The van der Waals surface area contributed by atoms with Crippen molar-refractivity contribution in [2.24, 2.45) is 5.92 Å². The molecule has 1 atom stereocenters. The molecule has 0 N–H and O–H groups in total. The van der Waals surface area contributed by atoms with E-state index in [1.165, 1.54) is 86.5 Å². The molecule has 0 spiro atoms. The van der Waals surface area contributed by atoms with Crippen molar-refractivity contribution in [3.63, 3.8) is 0 Å². The van der Waals surface area contributed by atoms with E-state index in [-0.39, 0.29) is 41.5 Å². The summed E-state index contributed by atoms with van der Waals surface area (Å²) in [5, 5.41) is 0. The normalized spacial score (nSPS) is 14.5. The van der Waals surface area contributed by atoms with Gasteiger partial charge in [0.15, 0.2) is 0 Å². The molecule has 0 amide bonds. The second-order valence-corrected chi connectivity index (χ2v) is 14.2. The molecule has 234 valence electrons. The second-order valence-electron chi connectivity index (χ2n) is 13.5. The van der Waals surface area contributed by atoms with Gasteiger partial charge >= 0.3 is 68.0 Å². The maximum atomic E-state index is 12.2. The van der Waals surface area contributed by atoms with E-state index in [0.29, 0.717) is 5.92 Å². The van der Waals surface area contributed by atoms with E-state index in [1.807, 2.05) is 9.78 Å². The number of hydrogen-bond acceptors (Lipinski definition) is 0. The molecule has 1 unspecified atom stereocenters. The standard InChI is InChI=1S/C21H25.C13H13.C7H5F.2ClH.Zr/c1-20(2,3)16-7-9-18-14(12-16)11-15-13-17(21(4,5)6)8-10-19(15)18;1-10-8-11(2)13(9-10)12-6-4-3-5-7-12;1-6-2-4-7(8)5-3-6;;;/h7-10,12H,11H2,1-6H3;3-7,9-10H,1-2H3;1-5H;2*1H;/q2*-1;;;;+2/p-2. The Morgan fingerprint density at radius 2 is 1.42 bits per heavy atom. The maximum Gasteiger partial charge on any atom is -1.00 e. The quantitative estimate of drug-likeness (QED) is 0.234. The van der Waals surface area contributed by atoms with E-state index in [0.717, 1.165) is 12.0 Å². The Morgan fingerprint density at radius 1 is 0.800 bits per heavy atom. The monoisotopic (exact) mass is 714 g/mol. The summed E-state index contributed by atoms with van der Waals surface area (Å²) in [5.74, 6) is 0.298. The predicted octanol–water partition coefficient (Wildman–Crippen LogP) is 4.65. The fourth-order valence-corrected chi connectivity index (χ4v) is 5.83. The van der Waals surface area contributed by atoms with E-state index < -0.39 is 0 Å². The first-order valence-electron chi connectivity index (χ1n) is 15.1. The van der Waals surface area contributed by atoms with Gasteiger partial charge in [0.25, 0.3) is 0 Å². The zero-order valence-corrected chi connectivity index (χ0v) is 31.6. The van der Waals surface area contributed by atoms with Crippen molar-refractivity contribution < 1.29 is 53.4 Å². The third-order valence-corrected chi connectivity index (χ3v) is 8.67. The van der Waals surface area contributed by atoms with Crippen LogP contribution in [0.15, 0.2) is 96.6 Å². The van der Waals surface area contributed by atoms with Crippen LogP contribution in [0.5, 0.6) is 0 Å². The molecular weight excluding hydrogens is 674 g/mol. The molecule has 0 nitrogen and oxygen atoms in total. The molecule has 0 fully saturated rings. The number of benzene rings is 4. The average Bonchev–Trinajstić information content (AvgIpc) is 3.51. The molecule has 0 aromatic heterocycles. The van der Waals surface area contributed by atoms with Crippen molar-refractivity contribution >= 4 is 9.28 Å². The average molecular weight is 717 g/mol. The first-order chi connectivity index (χ1) is 20.3. The molecule has 6 rings (SSSR count). The Morgan fingerprint density at radius 3 is 1.96 bits per heavy atom. The molecule has 0 saturated carbocycles. The van der Waals surface area contributed by atoms with Crippen LogP contribution >= 0.6 is 0 Å². The van der Waals surface area contributed by atoms with Gasteiger partial charge in [-0.3, -0.25) is 6.08 Å². The molecular formula is C41H43Cl2FZr-2. The molecule has 0 aliphatic heterocycles. The van der Waals surface area contributed by atoms with Gasteiger partial charge in [0.2, 0.25) is 0 Å². The molecule has 0 heterocycles. The van der Waals surface area contributed by atoms with Gasteiger partial charge in [-0.05, 0) is 28.4 Å². The van der Waals surface area contributed by atoms with Crippen molar-refractivity contribution in [1.82, 2.24) is 0 Å². The van der Waals surface area contributed by atoms with Crippen LogP contribution in [0.2, 0.25) is 0 Å². The zero-order chi connectivity index (χ0) is 31.4. The van der Waals surface area contributed by atoms with E-state index in [2.05, 4.69) is 128 Å². The van der Waals surface area contributed by atoms with Gasteiger partial charge in [-0.25, -0.2) is 5.57 Å². The SMILES string of the molecule is CC(C)(C)c1[c-]c2c(cc1)-c1ccc(C(C)(C)C)cc1C2.CC1=[C-]C(C)C=C1c1ccccc1.Fc1ccc([CH]=[Zr+2])cc1.[Cl-].[Cl-]. The van der Waals surface area contributed by atoms with Crippen LogP contribution < -0.4 is 24.8 Å². The van der Waals surface area contributed by atoms with E-state index in [9.17, 15) is 4.39 Å². The first-order valence-corrected chi connectivity index (χ1v) is 16.5. The minimum absolute atomic E-state index is 0. The van der Waals surface area contributed by atoms with Crippen LogP contribution in [0.4, 0.5) is 4.39 Å². The molecule has 0 saturated heterocycles. The molecule has 4 aromatic carbocycles. The summed E-state index contributed by atoms with van der Waals surface area (Å²) in [6.45, 7) is 17.9. The van der Waals surface area contributed by atoms with E-state index in [1.54, 1.807) is 12.1 Å². The summed E-state index contributed by atoms with van der Waals surface area (Å²) in [6.07, 6.45) is 6.68. The second kappa shape index (κ2) is 16.4. The van der Waals surface area contributed by atoms with Crippen molar-refractivity contribution in [1.29, 1.82) is 0 Å². The summed E-state index contributed by atoms with van der Waals surface area (Å²) in [7, 11) is 0. The Balaban J connectivity index is 0.000000252. The van der Waals surface area contributed by atoms with Crippen LogP contribution in [0.3, 0.4) is 0 Å². The molecule has 45 heavy (non-hydrogen) atoms. The third-order valence-electron chi connectivity index (χ3n) is 7.85. The fourth-order valence-electron chi connectivity index (χ4n) is 5.35. The van der Waals surface area contributed by atoms with Crippen molar-refractivity contribution in [3.05, 3.63) is 148 Å². The largest absolute Gasteiger partial charge is 1.00 e. The van der Waals surface area contributed by atoms with Crippen LogP contribution in [-0.2, 0) is 41.5 Å². The Labute approximate surface area is 298 Å². The summed E-state index contributed by atoms with van der Waals surface area (Å²) in [6, 6.07) is 32.1. The summed E-state index contributed by atoms with van der Waals surface area (Å²) in [4.78, 5) is 0. The van der Waals surface area contributed by atoms with Gasteiger partial charge in [-0.2, -0.15) is 35.4 Å². The number of halogens is 3. The van der Waals surface area contributed by atoms with E-state index in [4.69, 9.17) is 0 Å². The minimum Gasteiger partial charge on any atom is -1.00 e. The van der Waals surface area contributed by atoms with Crippen LogP contribution in [0.25, 0.3) is 16.7 Å². The fraction of sp³-hybridized carbons (Fsp3) is 0.293. The third kappa shape index (κ3) is 10.3. The number of hydrogen-bond donors (Lipinski definition) is 0. The Bertz CT molecular complexity index is 1570. The first kappa shape index (κ1) is 38.8. The summed E-state index contributed by atoms with van der Waals surface area (Å²) < 4.78 is 14.2. The molecule has 0 bridgehead atoms. The van der Waals surface area contributed by atoms with E-state index >= 15 is 0 Å².